The summed E-state index contributed by atoms with van der Waals surface area (Å²) < 4.78 is 0. The summed E-state index contributed by atoms with van der Waals surface area (Å²) in [6, 6.07) is 2.04. The van der Waals surface area contributed by atoms with Crippen LogP contribution in [0, 0.1) is 35.5 Å². The van der Waals surface area contributed by atoms with E-state index in [-0.39, 0.29) is 108 Å². The predicted octanol–water partition coefficient (Wildman–Crippen LogP) is -1.02. The van der Waals surface area contributed by atoms with Crippen LogP contribution >= 0.6 is 0 Å². The second-order valence-electron chi connectivity index (χ2n) is 22.1. The highest BCUT2D eigenvalue weighted by Crippen LogP contribution is 2.28. The van der Waals surface area contributed by atoms with E-state index in [9.17, 15) is 58.2 Å². The topological polar surface area (TPSA) is 413 Å². The van der Waals surface area contributed by atoms with Gasteiger partial charge in [-0.1, -0.05) is 63.4 Å². The lowest BCUT2D eigenvalue weighted by molar-refractivity contribution is -0.137. The molecule has 23 heteroatoms. The molecule has 444 valence electrons. The van der Waals surface area contributed by atoms with E-state index in [4.69, 9.17) is 28.7 Å². The van der Waals surface area contributed by atoms with Crippen molar-refractivity contribution in [3.05, 3.63) is 35.9 Å². The van der Waals surface area contributed by atoms with E-state index in [0.717, 1.165) is 32.1 Å². The molecule has 0 spiro atoms. The minimum atomic E-state index is -1.41. The number of Topliss-reactive ketones (excluding diaryl/α,β-unsaturated/α-hetero) is 4. The van der Waals surface area contributed by atoms with E-state index < -0.39 is 144 Å². The summed E-state index contributed by atoms with van der Waals surface area (Å²) in [6.07, 6.45) is -0.157. The van der Waals surface area contributed by atoms with Gasteiger partial charge in [-0.3, -0.25) is 47.9 Å². The van der Waals surface area contributed by atoms with Crippen LogP contribution in [-0.2, 0) is 54.4 Å². The molecule has 18 N–H and O–H groups in total. The van der Waals surface area contributed by atoms with Crippen LogP contribution in [0.1, 0.15) is 136 Å². The third-order valence-electron chi connectivity index (χ3n) is 15.1. The van der Waals surface area contributed by atoms with Crippen molar-refractivity contribution >= 4 is 58.6 Å². The van der Waals surface area contributed by atoms with Crippen LogP contribution in [0.25, 0.3) is 0 Å². The fourth-order valence-electron chi connectivity index (χ4n) is 10.4. The number of aliphatic hydroxyl groups excluding tert-OH is 2. The lowest BCUT2D eigenvalue weighted by Crippen LogP contribution is -2.57. The summed E-state index contributed by atoms with van der Waals surface area (Å²) >= 11 is 0. The Morgan fingerprint density at radius 1 is 0.646 bits per heavy atom. The van der Waals surface area contributed by atoms with Gasteiger partial charge in [-0.15, -0.1) is 0 Å². The zero-order valence-electron chi connectivity index (χ0n) is 46.9. The number of hydrogen-bond acceptors (Lipinski definition) is 17. The van der Waals surface area contributed by atoms with E-state index in [1.54, 1.807) is 30.3 Å². The molecular weight excluding hydrogens is 1020 g/mol. The molecule has 1 aliphatic heterocycles. The Morgan fingerprint density at radius 2 is 1.19 bits per heavy atom. The largest absolute Gasteiger partial charge is 0.393 e. The first-order valence-corrected chi connectivity index (χ1v) is 28.4. The summed E-state index contributed by atoms with van der Waals surface area (Å²) in [5, 5.41) is 37.7. The molecule has 3 unspecified atom stereocenters. The molecule has 0 radical (unpaired) electrons. The van der Waals surface area contributed by atoms with Crippen LogP contribution in [0.3, 0.4) is 0 Å². The quantitative estimate of drug-likeness (QED) is 0.0589. The van der Waals surface area contributed by atoms with Crippen molar-refractivity contribution in [2.24, 2.45) is 64.2 Å². The number of amides is 6. The van der Waals surface area contributed by atoms with Gasteiger partial charge in [-0.05, 0) is 115 Å². The van der Waals surface area contributed by atoms with Crippen molar-refractivity contribution < 1.29 is 58.2 Å². The molecule has 2 fully saturated rings. The Bertz CT molecular complexity index is 2160. The van der Waals surface area contributed by atoms with Gasteiger partial charge >= 0.3 is 0 Å². The van der Waals surface area contributed by atoms with Gasteiger partial charge in [0, 0.05) is 56.5 Å². The van der Waals surface area contributed by atoms with Gasteiger partial charge in [0.1, 0.15) is 17.9 Å². The summed E-state index contributed by atoms with van der Waals surface area (Å²) in [4.78, 5) is 141. The maximum Gasteiger partial charge on any atom is 0.243 e. The second kappa shape index (κ2) is 35.2. The number of carbonyl (C=O) groups excluding carboxylic acids is 10. The van der Waals surface area contributed by atoms with Crippen molar-refractivity contribution in [2.75, 3.05) is 32.7 Å². The Kier molecular flexibility index (Phi) is 30.2. The predicted molar refractivity (Wildman–Crippen MR) is 297 cm³/mol. The molecule has 1 aromatic carbocycles. The van der Waals surface area contributed by atoms with Crippen LogP contribution in [0.15, 0.2) is 30.3 Å². The van der Waals surface area contributed by atoms with Gasteiger partial charge in [0.2, 0.25) is 35.4 Å². The summed E-state index contributed by atoms with van der Waals surface area (Å²) in [7, 11) is 0. The second-order valence-corrected chi connectivity index (χ2v) is 22.1. The minimum absolute atomic E-state index is 0.0168. The fraction of sp³-hybridized carbons (Fsp3) is 0.714. The number of nitrogens with two attached hydrogens (primary N) is 5. The Morgan fingerprint density at radius 3 is 1.76 bits per heavy atom. The lowest BCUT2D eigenvalue weighted by Gasteiger charge is -2.28. The molecular formula is C56H93N11O12. The number of rotatable bonds is 24. The van der Waals surface area contributed by atoms with Gasteiger partial charge < -0.3 is 70.8 Å². The zero-order chi connectivity index (χ0) is 58.8. The van der Waals surface area contributed by atoms with Gasteiger partial charge in [0.05, 0.1) is 42.2 Å². The van der Waals surface area contributed by atoms with E-state index in [2.05, 4.69) is 31.9 Å². The number of ketones is 4. The van der Waals surface area contributed by atoms with E-state index >= 15 is 0 Å². The number of carbonyl (C=O) groups is 10. The number of nitrogens with one attached hydrogen (secondary N) is 6. The van der Waals surface area contributed by atoms with Crippen molar-refractivity contribution in [2.45, 2.75) is 185 Å². The summed E-state index contributed by atoms with van der Waals surface area (Å²) in [5.41, 5.74) is 30.8. The summed E-state index contributed by atoms with van der Waals surface area (Å²) in [5.74, 6) is -11.9. The lowest BCUT2D eigenvalue weighted by atomic mass is 9.81. The van der Waals surface area contributed by atoms with E-state index in [1.165, 1.54) is 13.8 Å². The number of aliphatic hydroxyl groups is 2. The van der Waals surface area contributed by atoms with Gasteiger partial charge in [-0.25, -0.2) is 0 Å². The standard InChI is InChI=1S/C56H93N11O12/c1-32(2)25-47-56(79)66-46(18-23-60)55(78)65-45(17-22-59)50(73)31-41(34(4)69)53(76)62-24-19-37(51(74)63-43(15-20-57)49(72)28-38(52(75)67-47)26-35-11-7-5-8-12-35)27-48(71)44(16-21-58)64-54(77)40(33(3)68)29-39(70)30-42(61)36-13-9-6-10-14-36/h5,7-8,11-12,32-34,36-38,40-47,68-69H,6,9-10,13-31,57-61H2,1-4H3,(H,62,76)(H,63,74)(H,64,77)(H,65,78)(H,66,79)(H,67,75)/t33?,34?,37-,38+,40+,41+,42?,43+,44+,45+,46+,47+/m1/s1. The third-order valence-corrected chi connectivity index (χ3v) is 15.1. The van der Waals surface area contributed by atoms with Gasteiger partial charge in [-0.2, -0.15) is 0 Å². The zero-order valence-corrected chi connectivity index (χ0v) is 46.9. The van der Waals surface area contributed by atoms with Crippen molar-refractivity contribution in [3.8, 4) is 0 Å². The first-order valence-electron chi connectivity index (χ1n) is 28.4. The molecule has 0 aromatic heterocycles. The highest BCUT2D eigenvalue weighted by atomic mass is 16.3. The third kappa shape index (κ3) is 23.2. The monoisotopic (exact) mass is 1110 g/mol. The Balaban J connectivity index is 2.08. The van der Waals surface area contributed by atoms with E-state index in [0.29, 0.717) is 5.56 Å². The van der Waals surface area contributed by atoms with Crippen LogP contribution in [0.2, 0.25) is 0 Å². The molecule has 6 amide bonds. The fourth-order valence-corrected chi connectivity index (χ4v) is 10.4. The van der Waals surface area contributed by atoms with E-state index in [1.807, 2.05) is 13.8 Å². The Labute approximate surface area is 465 Å². The summed E-state index contributed by atoms with van der Waals surface area (Å²) in [6.45, 7) is 5.65. The average molecular weight is 1110 g/mol. The average Bonchev–Trinajstić information content (AvgIpc) is 3.40. The van der Waals surface area contributed by atoms with Crippen LogP contribution in [0.5, 0.6) is 0 Å². The molecule has 2 aliphatic rings. The molecule has 0 bridgehead atoms. The molecule has 3 rings (SSSR count). The van der Waals surface area contributed by atoms with Crippen molar-refractivity contribution in [3.63, 3.8) is 0 Å². The molecule has 1 heterocycles. The highest BCUT2D eigenvalue weighted by Gasteiger charge is 2.38. The van der Waals surface area contributed by atoms with Crippen LogP contribution < -0.4 is 60.6 Å². The molecule has 1 saturated heterocycles. The number of benzene rings is 1. The molecule has 1 aromatic rings. The van der Waals surface area contributed by atoms with Crippen LogP contribution in [-0.4, -0.2) is 150 Å². The normalized spacial score (nSPS) is 25.1. The Hall–Kier alpha value is -5.56. The molecule has 12 atom stereocenters. The van der Waals surface area contributed by atoms with Crippen LogP contribution in [0.4, 0.5) is 0 Å². The maximum absolute atomic E-state index is 14.6. The van der Waals surface area contributed by atoms with Gasteiger partial charge in [0.25, 0.3) is 0 Å². The van der Waals surface area contributed by atoms with Gasteiger partial charge in [0.15, 0.2) is 17.3 Å². The first-order chi connectivity index (χ1) is 37.5. The minimum Gasteiger partial charge on any atom is -0.393 e. The molecule has 23 nitrogen and oxygen atoms in total. The van der Waals surface area contributed by atoms with Crippen molar-refractivity contribution in [1.29, 1.82) is 0 Å². The molecule has 1 saturated carbocycles. The van der Waals surface area contributed by atoms with Crippen molar-refractivity contribution in [1.82, 2.24) is 31.9 Å². The number of hydrogen-bond donors (Lipinski definition) is 13. The SMILES string of the molecule is CC(C)C[C@@H]1NC(=O)[C@@H](Cc2ccccc2)CC(=O)[C@H](CCN)NC(=O)[C@@H](CC(=O)[C@H](CCN)NC(=O)[C@@H](CC(=O)CC(N)C2CCCCC2)C(C)O)CCNC(=O)[C@H](C(C)O)CC(=O)[C@H](CCN)NC(=O)[C@H](CCN)NC1=O. The first kappa shape index (κ1) is 67.7. The maximum atomic E-state index is 14.6. The molecule has 1 aliphatic carbocycles. The highest BCUT2D eigenvalue weighted by molar-refractivity contribution is 5.98. The smallest absolute Gasteiger partial charge is 0.243 e. The molecule has 79 heavy (non-hydrogen) atoms.